The van der Waals surface area contributed by atoms with Gasteiger partial charge in [0.25, 0.3) is 0 Å². The van der Waals surface area contributed by atoms with E-state index in [1.54, 1.807) is 0 Å². The van der Waals surface area contributed by atoms with E-state index in [2.05, 4.69) is 28.4 Å². The summed E-state index contributed by atoms with van der Waals surface area (Å²) in [5, 5.41) is 7.59. The van der Waals surface area contributed by atoms with E-state index in [1.165, 1.54) is 18.5 Å². The van der Waals surface area contributed by atoms with Gasteiger partial charge in [0.1, 0.15) is 0 Å². The van der Waals surface area contributed by atoms with Crippen LogP contribution in [0.15, 0.2) is 12.3 Å². The van der Waals surface area contributed by atoms with Crippen LogP contribution in [0.1, 0.15) is 18.5 Å². The molecule has 1 aliphatic heterocycles. The zero-order valence-electron chi connectivity index (χ0n) is 9.61. The lowest BCUT2D eigenvalue weighted by atomic mass is 10.1. The van der Waals surface area contributed by atoms with E-state index in [0.717, 1.165) is 25.7 Å². The van der Waals surface area contributed by atoms with Gasteiger partial charge in [-0.15, -0.1) is 0 Å². The highest BCUT2D eigenvalue weighted by Crippen LogP contribution is 2.12. The number of piperidine rings is 1. The second kappa shape index (κ2) is 4.77. The zero-order chi connectivity index (χ0) is 10.7. The number of hydrogen-bond acceptors (Lipinski definition) is 3. The van der Waals surface area contributed by atoms with Gasteiger partial charge in [-0.3, -0.25) is 9.58 Å². The number of nitrogens with zero attached hydrogens (tertiary/aromatic N) is 3. The molecule has 1 aliphatic rings. The van der Waals surface area contributed by atoms with Crippen LogP contribution in [-0.4, -0.2) is 40.9 Å². The summed E-state index contributed by atoms with van der Waals surface area (Å²) in [6, 6.07) is 2.82. The third-order valence-electron chi connectivity index (χ3n) is 3.27. The van der Waals surface area contributed by atoms with E-state index in [1.807, 2.05) is 17.9 Å². The molecule has 1 aromatic rings. The molecule has 0 unspecified atom stereocenters. The standard InChI is InChI=1S/C11H20N4/c1-14(10-3-6-12-7-4-10)9-11-5-8-13-15(11)2/h5,8,10,12H,3-4,6-7,9H2,1-2H3. The van der Waals surface area contributed by atoms with E-state index >= 15 is 0 Å². The Balaban J connectivity index is 1.91. The van der Waals surface area contributed by atoms with Crippen LogP contribution in [0, 0.1) is 0 Å². The van der Waals surface area contributed by atoms with Gasteiger partial charge in [-0.2, -0.15) is 5.10 Å². The van der Waals surface area contributed by atoms with Crippen LogP contribution < -0.4 is 5.32 Å². The van der Waals surface area contributed by atoms with Crippen molar-refractivity contribution in [3.05, 3.63) is 18.0 Å². The summed E-state index contributed by atoms with van der Waals surface area (Å²) in [6.45, 7) is 3.31. The topological polar surface area (TPSA) is 33.1 Å². The Morgan fingerprint density at radius 1 is 1.53 bits per heavy atom. The van der Waals surface area contributed by atoms with Gasteiger partial charge in [0.15, 0.2) is 0 Å². The van der Waals surface area contributed by atoms with Crippen molar-refractivity contribution in [3.63, 3.8) is 0 Å². The van der Waals surface area contributed by atoms with Gasteiger partial charge in [0.05, 0.1) is 5.69 Å². The van der Waals surface area contributed by atoms with Crippen LogP contribution in [-0.2, 0) is 13.6 Å². The molecule has 4 heteroatoms. The largest absolute Gasteiger partial charge is 0.317 e. The molecular weight excluding hydrogens is 188 g/mol. The van der Waals surface area contributed by atoms with Crippen molar-refractivity contribution in [2.45, 2.75) is 25.4 Å². The van der Waals surface area contributed by atoms with Crippen molar-refractivity contribution in [3.8, 4) is 0 Å². The van der Waals surface area contributed by atoms with E-state index in [9.17, 15) is 0 Å². The fourth-order valence-corrected chi connectivity index (χ4v) is 2.19. The van der Waals surface area contributed by atoms with Gasteiger partial charge >= 0.3 is 0 Å². The average Bonchev–Trinajstić information content (AvgIpc) is 2.66. The van der Waals surface area contributed by atoms with E-state index in [0.29, 0.717) is 0 Å². The van der Waals surface area contributed by atoms with Gasteiger partial charge < -0.3 is 5.32 Å². The summed E-state index contributed by atoms with van der Waals surface area (Å²) in [7, 11) is 4.22. The second-order valence-electron chi connectivity index (χ2n) is 4.34. The van der Waals surface area contributed by atoms with E-state index in [4.69, 9.17) is 0 Å². The molecule has 1 fully saturated rings. The second-order valence-corrected chi connectivity index (χ2v) is 4.34. The molecule has 0 aromatic carbocycles. The minimum atomic E-state index is 0.723. The van der Waals surface area contributed by atoms with Crippen molar-refractivity contribution < 1.29 is 0 Å². The highest BCUT2D eigenvalue weighted by atomic mass is 15.3. The Kier molecular flexibility index (Phi) is 3.38. The van der Waals surface area contributed by atoms with Crippen LogP contribution in [0.25, 0.3) is 0 Å². The van der Waals surface area contributed by atoms with Crippen LogP contribution >= 0.6 is 0 Å². The molecule has 2 rings (SSSR count). The third kappa shape index (κ3) is 2.58. The highest BCUT2D eigenvalue weighted by Gasteiger charge is 2.18. The monoisotopic (exact) mass is 208 g/mol. The molecule has 0 saturated carbocycles. The first-order chi connectivity index (χ1) is 7.27. The van der Waals surface area contributed by atoms with E-state index < -0.39 is 0 Å². The molecular formula is C11H20N4. The fraction of sp³-hybridized carbons (Fsp3) is 0.727. The maximum absolute atomic E-state index is 4.19. The minimum absolute atomic E-state index is 0.723. The number of nitrogens with one attached hydrogen (secondary N) is 1. The molecule has 15 heavy (non-hydrogen) atoms. The SMILES string of the molecule is CN(Cc1ccnn1C)C1CCNCC1. The lowest BCUT2D eigenvalue weighted by Gasteiger charge is -2.31. The molecule has 2 heterocycles. The first-order valence-electron chi connectivity index (χ1n) is 5.65. The predicted octanol–water partition coefficient (Wildman–Crippen LogP) is 0.604. The summed E-state index contributed by atoms with van der Waals surface area (Å²) in [5.41, 5.74) is 1.29. The predicted molar refractivity (Wildman–Crippen MR) is 60.6 cm³/mol. The smallest absolute Gasteiger partial charge is 0.0521 e. The lowest BCUT2D eigenvalue weighted by molar-refractivity contribution is 0.188. The molecule has 84 valence electrons. The highest BCUT2D eigenvalue weighted by molar-refractivity contribution is 5.00. The molecule has 4 nitrogen and oxygen atoms in total. The first-order valence-corrected chi connectivity index (χ1v) is 5.65. The summed E-state index contributed by atoms with van der Waals surface area (Å²) in [5.74, 6) is 0. The Labute approximate surface area is 91.3 Å². The molecule has 0 spiro atoms. The third-order valence-corrected chi connectivity index (χ3v) is 3.27. The molecule has 1 aromatic heterocycles. The number of aryl methyl sites for hydroxylation is 1. The fourth-order valence-electron chi connectivity index (χ4n) is 2.19. The van der Waals surface area contributed by atoms with Gasteiger partial charge in [-0.05, 0) is 39.0 Å². The van der Waals surface area contributed by atoms with Crippen molar-refractivity contribution in [2.24, 2.45) is 7.05 Å². The molecule has 0 amide bonds. The van der Waals surface area contributed by atoms with Crippen LogP contribution in [0.4, 0.5) is 0 Å². The summed E-state index contributed by atoms with van der Waals surface area (Å²) < 4.78 is 1.96. The van der Waals surface area contributed by atoms with Gasteiger partial charge in [0.2, 0.25) is 0 Å². The number of aromatic nitrogens is 2. The van der Waals surface area contributed by atoms with Crippen LogP contribution in [0.3, 0.4) is 0 Å². The van der Waals surface area contributed by atoms with E-state index in [-0.39, 0.29) is 0 Å². The van der Waals surface area contributed by atoms with Crippen molar-refractivity contribution >= 4 is 0 Å². The average molecular weight is 208 g/mol. The molecule has 0 bridgehead atoms. The molecule has 0 aliphatic carbocycles. The van der Waals surface area contributed by atoms with Gasteiger partial charge in [-0.25, -0.2) is 0 Å². The quantitative estimate of drug-likeness (QED) is 0.790. The van der Waals surface area contributed by atoms with Gasteiger partial charge in [-0.1, -0.05) is 0 Å². The van der Waals surface area contributed by atoms with Crippen molar-refractivity contribution in [1.29, 1.82) is 0 Å². The maximum Gasteiger partial charge on any atom is 0.0521 e. The zero-order valence-corrected chi connectivity index (χ0v) is 9.61. The molecule has 1 N–H and O–H groups in total. The van der Waals surface area contributed by atoms with Gasteiger partial charge in [0, 0.05) is 25.8 Å². The maximum atomic E-state index is 4.19. The van der Waals surface area contributed by atoms with Crippen LogP contribution in [0.2, 0.25) is 0 Å². The summed E-state index contributed by atoms with van der Waals surface area (Å²) in [6.07, 6.45) is 4.38. The molecule has 0 radical (unpaired) electrons. The Bertz CT molecular complexity index is 301. The van der Waals surface area contributed by atoms with Crippen molar-refractivity contribution in [1.82, 2.24) is 20.0 Å². The lowest BCUT2D eigenvalue weighted by Crippen LogP contribution is -2.40. The Morgan fingerprint density at radius 3 is 2.87 bits per heavy atom. The first kappa shape index (κ1) is 10.6. The molecule has 0 atom stereocenters. The minimum Gasteiger partial charge on any atom is -0.317 e. The summed E-state index contributed by atoms with van der Waals surface area (Å²) in [4.78, 5) is 2.44. The normalized spacial score (nSPS) is 18.6. The molecule has 1 saturated heterocycles. The number of rotatable bonds is 3. The Hall–Kier alpha value is -0.870. The van der Waals surface area contributed by atoms with Crippen LogP contribution in [0.5, 0.6) is 0 Å². The summed E-state index contributed by atoms with van der Waals surface area (Å²) >= 11 is 0. The van der Waals surface area contributed by atoms with Crippen molar-refractivity contribution in [2.75, 3.05) is 20.1 Å². The number of hydrogen-bond donors (Lipinski definition) is 1. The Morgan fingerprint density at radius 2 is 2.27 bits per heavy atom.